The Bertz CT molecular complexity index is 1130. The summed E-state index contributed by atoms with van der Waals surface area (Å²) in [6, 6.07) is 6.62. The molecule has 0 aliphatic heterocycles. The number of aromatic amines is 1. The smallest absolute Gasteiger partial charge is 0.273 e. The van der Waals surface area contributed by atoms with Crippen molar-refractivity contribution in [1.29, 1.82) is 0 Å². The summed E-state index contributed by atoms with van der Waals surface area (Å²) in [5, 5.41) is 4.61. The summed E-state index contributed by atoms with van der Waals surface area (Å²) in [4.78, 5) is 22.5. The average Bonchev–Trinajstić information content (AvgIpc) is 3.16. The van der Waals surface area contributed by atoms with E-state index in [1.54, 1.807) is 41.9 Å². The fraction of sp³-hybridized carbons (Fsp3) is 0.0625. The van der Waals surface area contributed by atoms with Crippen LogP contribution in [-0.2, 0) is 0 Å². The summed E-state index contributed by atoms with van der Waals surface area (Å²) in [6.07, 6.45) is 3.53. The highest BCUT2D eigenvalue weighted by Crippen LogP contribution is 2.30. The number of hydrogen-bond acceptors (Lipinski definition) is 4. The number of thiazole rings is 1. The molecular formula is C16H10Cl2N4OS. The van der Waals surface area contributed by atoms with Crippen molar-refractivity contribution >= 4 is 40.2 Å². The molecule has 4 rings (SSSR count). The lowest BCUT2D eigenvalue weighted by molar-refractivity contribution is 0.901. The van der Waals surface area contributed by atoms with Crippen LogP contribution in [0.3, 0.4) is 0 Å². The second-order valence-corrected chi connectivity index (χ2v) is 7.28. The van der Waals surface area contributed by atoms with E-state index in [-0.39, 0.29) is 5.56 Å². The lowest BCUT2D eigenvalue weighted by Gasteiger charge is -2.04. The van der Waals surface area contributed by atoms with Crippen LogP contribution < -0.4 is 5.56 Å². The van der Waals surface area contributed by atoms with Crippen LogP contribution in [0, 0.1) is 6.92 Å². The molecule has 0 spiro atoms. The number of halogens is 2. The molecule has 0 aliphatic carbocycles. The van der Waals surface area contributed by atoms with E-state index in [1.165, 1.54) is 10.6 Å². The van der Waals surface area contributed by atoms with Gasteiger partial charge in [-0.1, -0.05) is 29.3 Å². The predicted octanol–water partition coefficient (Wildman–Crippen LogP) is 4.43. The number of aryl methyl sites for hydroxylation is 1. The van der Waals surface area contributed by atoms with Crippen molar-refractivity contribution in [1.82, 2.24) is 19.6 Å². The molecule has 3 aromatic heterocycles. The molecule has 0 fully saturated rings. The molecule has 0 amide bonds. The number of benzene rings is 1. The van der Waals surface area contributed by atoms with Gasteiger partial charge in [0.1, 0.15) is 5.01 Å². The first-order valence-corrected chi connectivity index (χ1v) is 8.59. The Morgan fingerprint density at radius 2 is 2.04 bits per heavy atom. The topological polar surface area (TPSA) is 63.1 Å². The van der Waals surface area contributed by atoms with Crippen LogP contribution in [0.2, 0.25) is 10.0 Å². The minimum Gasteiger partial charge on any atom is -0.296 e. The monoisotopic (exact) mass is 376 g/mol. The van der Waals surface area contributed by atoms with E-state index >= 15 is 0 Å². The SMILES string of the molecule is Cc1cnc(-c2c[nH]n3c(=O)cc(-c4ccc(Cl)c(Cl)c4)nc23)s1. The van der Waals surface area contributed by atoms with Crippen molar-refractivity contribution in [2.24, 2.45) is 0 Å². The van der Waals surface area contributed by atoms with Crippen LogP contribution in [-0.4, -0.2) is 19.6 Å². The molecule has 0 bridgehead atoms. The minimum absolute atomic E-state index is 0.208. The highest BCUT2D eigenvalue weighted by molar-refractivity contribution is 7.15. The van der Waals surface area contributed by atoms with Gasteiger partial charge in [0.15, 0.2) is 5.65 Å². The first kappa shape index (κ1) is 15.4. The molecular weight excluding hydrogens is 367 g/mol. The molecule has 5 nitrogen and oxygen atoms in total. The Labute approximate surface area is 150 Å². The van der Waals surface area contributed by atoms with Crippen LogP contribution in [0.15, 0.2) is 41.5 Å². The number of rotatable bonds is 2. The lowest BCUT2D eigenvalue weighted by atomic mass is 10.1. The molecule has 8 heteroatoms. The number of H-pyrrole nitrogens is 1. The summed E-state index contributed by atoms with van der Waals surface area (Å²) >= 11 is 13.6. The Kier molecular flexibility index (Phi) is 3.68. The molecule has 0 unspecified atom stereocenters. The fourth-order valence-corrected chi connectivity index (χ4v) is 3.50. The van der Waals surface area contributed by atoms with Gasteiger partial charge in [-0.15, -0.1) is 11.3 Å². The first-order chi connectivity index (χ1) is 11.5. The molecule has 4 aromatic rings. The number of hydrogen-bond donors (Lipinski definition) is 1. The van der Waals surface area contributed by atoms with E-state index in [0.717, 1.165) is 21.0 Å². The molecule has 3 heterocycles. The summed E-state index contributed by atoms with van der Waals surface area (Å²) in [7, 11) is 0. The molecule has 1 aromatic carbocycles. The van der Waals surface area contributed by atoms with Gasteiger partial charge < -0.3 is 0 Å². The maximum Gasteiger partial charge on any atom is 0.273 e. The van der Waals surface area contributed by atoms with Crippen LogP contribution in [0.5, 0.6) is 0 Å². The Hall–Kier alpha value is -2.15. The molecule has 24 heavy (non-hydrogen) atoms. The number of nitrogens with zero attached hydrogens (tertiary/aromatic N) is 3. The van der Waals surface area contributed by atoms with E-state index in [4.69, 9.17) is 23.2 Å². The van der Waals surface area contributed by atoms with Gasteiger partial charge in [0, 0.05) is 28.9 Å². The predicted molar refractivity (Wildman–Crippen MR) is 97.1 cm³/mol. The highest BCUT2D eigenvalue weighted by Gasteiger charge is 2.14. The Morgan fingerprint density at radius 3 is 2.75 bits per heavy atom. The van der Waals surface area contributed by atoms with Gasteiger partial charge in [0.25, 0.3) is 5.56 Å². The fourth-order valence-electron chi connectivity index (χ4n) is 2.42. The minimum atomic E-state index is -0.208. The van der Waals surface area contributed by atoms with Gasteiger partial charge >= 0.3 is 0 Å². The summed E-state index contributed by atoms with van der Waals surface area (Å²) in [5.41, 5.74) is 2.37. The van der Waals surface area contributed by atoms with Gasteiger partial charge in [-0.3, -0.25) is 9.89 Å². The molecule has 0 aliphatic rings. The van der Waals surface area contributed by atoms with E-state index in [9.17, 15) is 4.79 Å². The summed E-state index contributed by atoms with van der Waals surface area (Å²) in [5.74, 6) is 0. The maximum atomic E-state index is 12.4. The van der Waals surface area contributed by atoms with Crippen LogP contribution in [0.4, 0.5) is 0 Å². The molecule has 1 N–H and O–H groups in total. The second kappa shape index (κ2) is 5.73. The van der Waals surface area contributed by atoms with Gasteiger partial charge in [-0.25, -0.2) is 14.5 Å². The first-order valence-electron chi connectivity index (χ1n) is 7.02. The molecule has 0 atom stereocenters. The number of aromatic nitrogens is 4. The molecule has 0 saturated carbocycles. The van der Waals surface area contributed by atoms with Gasteiger partial charge in [0.05, 0.1) is 21.3 Å². The van der Waals surface area contributed by atoms with Gasteiger partial charge in [-0.05, 0) is 19.1 Å². The van der Waals surface area contributed by atoms with Crippen molar-refractivity contribution in [3.63, 3.8) is 0 Å². The Morgan fingerprint density at radius 1 is 1.21 bits per heavy atom. The van der Waals surface area contributed by atoms with E-state index in [0.29, 0.717) is 21.4 Å². The third-order valence-corrected chi connectivity index (χ3v) is 5.25. The Balaban J connectivity index is 1.95. The number of fused-ring (bicyclic) bond motifs is 1. The standard InChI is InChI=1S/C16H10Cl2N4OS/c1-8-6-19-16(24-8)10-7-20-22-14(23)5-13(21-15(10)22)9-2-3-11(17)12(18)4-9/h2-7,20H,1H3. The third kappa shape index (κ3) is 2.53. The highest BCUT2D eigenvalue weighted by atomic mass is 35.5. The summed E-state index contributed by atoms with van der Waals surface area (Å²) < 4.78 is 1.40. The molecule has 0 radical (unpaired) electrons. The quantitative estimate of drug-likeness (QED) is 0.562. The van der Waals surface area contributed by atoms with Crippen LogP contribution >= 0.6 is 34.5 Å². The van der Waals surface area contributed by atoms with E-state index in [2.05, 4.69) is 15.1 Å². The zero-order valence-corrected chi connectivity index (χ0v) is 14.7. The normalized spacial score (nSPS) is 11.3. The number of nitrogens with one attached hydrogen (secondary N) is 1. The maximum absolute atomic E-state index is 12.4. The lowest BCUT2D eigenvalue weighted by Crippen LogP contribution is -2.14. The largest absolute Gasteiger partial charge is 0.296 e. The molecule has 120 valence electrons. The average molecular weight is 377 g/mol. The van der Waals surface area contributed by atoms with Gasteiger partial charge in [-0.2, -0.15) is 0 Å². The molecule has 0 saturated heterocycles. The van der Waals surface area contributed by atoms with Crippen LogP contribution in [0.25, 0.3) is 27.5 Å². The van der Waals surface area contributed by atoms with Crippen LogP contribution in [0.1, 0.15) is 4.88 Å². The zero-order chi connectivity index (χ0) is 16.8. The van der Waals surface area contributed by atoms with Crippen molar-refractivity contribution < 1.29 is 0 Å². The summed E-state index contributed by atoms with van der Waals surface area (Å²) in [6.45, 7) is 1.98. The van der Waals surface area contributed by atoms with Crippen molar-refractivity contribution in [2.75, 3.05) is 0 Å². The van der Waals surface area contributed by atoms with E-state index < -0.39 is 0 Å². The van der Waals surface area contributed by atoms with Crippen molar-refractivity contribution in [3.8, 4) is 21.8 Å². The van der Waals surface area contributed by atoms with Gasteiger partial charge in [0.2, 0.25) is 0 Å². The zero-order valence-electron chi connectivity index (χ0n) is 12.4. The third-order valence-electron chi connectivity index (χ3n) is 3.56. The van der Waals surface area contributed by atoms with Crippen molar-refractivity contribution in [3.05, 3.63) is 61.9 Å². The van der Waals surface area contributed by atoms with E-state index in [1.807, 2.05) is 6.92 Å². The second-order valence-electron chi connectivity index (χ2n) is 5.23. The van der Waals surface area contributed by atoms with Crippen molar-refractivity contribution in [2.45, 2.75) is 6.92 Å².